The van der Waals surface area contributed by atoms with Gasteiger partial charge in [0, 0.05) is 18.3 Å². The van der Waals surface area contributed by atoms with E-state index >= 15 is 0 Å². The zero-order chi connectivity index (χ0) is 26.2. The van der Waals surface area contributed by atoms with Crippen molar-refractivity contribution in [1.29, 1.82) is 0 Å². The number of carbonyl (C=O) groups is 1. The van der Waals surface area contributed by atoms with E-state index in [1.54, 1.807) is 29.0 Å². The molecule has 7 rings (SSSR count). The molecular formula is C30H23N7O2. The van der Waals surface area contributed by atoms with E-state index in [0.717, 1.165) is 29.0 Å². The molecule has 0 aliphatic heterocycles. The fraction of sp³-hybridized carbons (Fsp3) is 0.100. The molecule has 3 aromatic carbocycles. The third-order valence-electron chi connectivity index (χ3n) is 6.70. The SMILES string of the molecule is O=C(Nc1nc2nn(CCCc3ccccc3)cc2c2nc(-c3ccco3)nn12)c1cccc2ccccc12. The smallest absolute Gasteiger partial charge is 0.258 e. The number of anilines is 1. The molecule has 0 spiro atoms. The van der Waals surface area contributed by atoms with Crippen LogP contribution in [0.2, 0.25) is 0 Å². The molecule has 0 aliphatic carbocycles. The van der Waals surface area contributed by atoms with Crippen molar-refractivity contribution in [2.45, 2.75) is 19.4 Å². The predicted molar refractivity (Wildman–Crippen MR) is 148 cm³/mol. The molecule has 4 aromatic heterocycles. The van der Waals surface area contributed by atoms with Crippen molar-refractivity contribution in [3.8, 4) is 11.6 Å². The molecule has 0 unspecified atom stereocenters. The number of aromatic nitrogens is 6. The summed E-state index contributed by atoms with van der Waals surface area (Å²) in [6.07, 6.45) is 5.37. The third-order valence-corrected chi connectivity index (χ3v) is 6.70. The highest BCUT2D eigenvalue weighted by Gasteiger charge is 2.20. The number of benzene rings is 3. The Kier molecular flexibility index (Phi) is 5.59. The fourth-order valence-corrected chi connectivity index (χ4v) is 4.82. The molecule has 4 heterocycles. The molecule has 0 atom stereocenters. The first-order valence-corrected chi connectivity index (χ1v) is 12.7. The molecule has 0 aliphatic rings. The lowest BCUT2D eigenvalue weighted by molar-refractivity contribution is 0.102. The van der Waals surface area contributed by atoms with Crippen molar-refractivity contribution >= 4 is 39.3 Å². The van der Waals surface area contributed by atoms with Crippen molar-refractivity contribution in [3.05, 3.63) is 109 Å². The van der Waals surface area contributed by atoms with Crippen LogP contribution in [-0.4, -0.2) is 35.3 Å². The summed E-state index contributed by atoms with van der Waals surface area (Å²) in [6, 6.07) is 27.4. The number of furan rings is 1. The molecule has 0 bridgehead atoms. The van der Waals surface area contributed by atoms with Crippen molar-refractivity contribution in [2.24, 2.45) is 0 Å². The van der Waals surface area contributed by atoms with Crippen LogP contribution >= 0.6 is 0 Å². The summed E-state index contributed by atoms with van der Waals surface area (Å²) >= 11 is 0. The Labute approximate surface area is 222 Å². The average Bonchev–Trinajstić information content (AvgIpc) is 3.73. The van der Waals surface area contributed by atoms with Crippen molar-refractivity contribution < 1.29 is 9.21 Å². The monoisotopic (exact) mass is 513 g/mol. The molecular weight excluding hydrogens is 490 g/mol. The van der Waals surface area contributed by atoms with Crippen LogP contribution < -0.4 is 5.32 Å². The van der Waals surface area contributed by atoms with E-state index in [0.29, 0.717) is 35.0 Å². The Hall–Kier alpha value is -5.31. The Morgan fingerprint density at radius 2 is 1.69 bits per heavy atom. The third kappa shape index (κ3) is 4.29. The van der Waals surface area contributed by atoms with E-state index in [1.165, 1.54) is 5.56 Å². The van der Waals surface area contributed by atoms with Crippen LogP contribution in [0.1, 0.15) is 22.3 Å². The number of nitrogens with zero attached hydrogens (tertiary/aromatic N) is 6. The van der Waals surface area contributed by atoms with Gasteiger partial charge in [-0.15, -0.1) is 5.10 Å². The summed E-state index contributed by atoms with van der Waals surface area (Å²) in [4.78, 5) is 22.9. The highest BCUT2D eigenvalue weighted by atomic mass is 16.3. The van der Waals surface area contributed by atoms with Gasteiger partial charge in [-0.2, -0.15) is 14.6 Å². The summed E-state index contributed by atoms with van der Waals surface area (Å²) in [5, 5.41) is 14.9. The van der Waals surface area contributed by atoms with Gasteiger partial charge in [0.25, 0.3) is 5.91 Å². The summed E-state index contributed by atoms with van der Waals surface area (Å²) in [5.74, 6) is 0.854. The first-order valence-electron chi connectivity index (χ1n) is 12.7. The van der Waals surface area contributed by atoms with Gasteiger partial charge in [0.05, 0.1) is 11.6 Å². The highest BCUT2D eigenvalue weighted by Crippen LogP contribution is 2.25. The number of rotatable bonds is 7. The lowest BCUT2D eigenvalue weighted by atomic mass is 10.0. The number of carbonyl (C=O) groups excluding carboxylic acids is 1. The highest BCUT2D eigenvalue weighted by molar-refractivity contribution is 6.12. The van der Waals surface area contributed by atoms with Gasteiger partial charge in [-0.3, -0.25) is 14.8 Å². The summed E-state index contributed by atoms with van der Waals surface area (Å²) in [6.45, 7) is 0.717. The van der Waals surface area contributed by atoms with Gasteiger partial charge in [-0.05, 0) is 47.4 Å². The van der Waals surface area contributed by atoms with E-state index in [-0.39, 0.29) is 11.9 Å². The molecule has 0 fully saturated rings. The van der Waals surface area contributed by atoms with Gasteiger partial charge in [0.15, 0.2) is 17.1 Å². The summed E-state index contributed by atoms with van der Waals surface area (Å²) < 4.78 is 8.95. The standard InChI is InChI=1S/C30H23N7O2/c38-29(23-15-6-13-21-12-4-5-14-22(21)23)33-30-32-26-24(28-31-27(35-37(28)30)25-16-8-18-39-25)19-36(34-26)17-7-11-20-9-2-1-3-10-20/h1-6,8-10,12-16,18-19H,7,11,17H2,(H,32,33,34,38). The van der Waals surface area contributed by atoms with Crippen LogP contribution in [-0.2, 0) is 13.0 Å². The number of nitrogens with one attached hydrogen (secondary N) is 1. The van der Waals surface area contributed by atoms with Gasteiger partial charge < -0.3 is 4.42 Å². The Bertz CT molecular complexity index is 1930. The lowest BCUT2D eigenvalue weighted by Gasteiger charge is -2.08. The molecule has 9 heteroatoms. The second-order valence-electron chi connectivity index (χ2n) is 9.28. The van der Waals surface area contributed by atoms with Crippen LogP contribution in [0.4, 0.5) is 5.95 Å². The van der Waals surface area contributed by atoms with E-state index in [9.17, 15) is 4.79 Å². The van der Waals surface area contributed by atoms with Gasteiger partial charge in [0.1, 0.15) is 0 Å². The van der Waals surface area contributed by atoms with Crippen molar-refractivity contribution in [3.63, 3.8) is 0 Å². The normalized spacial score (nSPS) is 11.5. The lowest BCUT2D eigenvalue weighted by Crippen LogP contribution is -2.16. The zero-order valence-electron chi connectivity index (χ0n) is 20.9. The fourth-order valence-electron chi connectivity index (χ4n) is 4.82. The van der Waals surface area contributed by atoms with Gasteiger partial charge in [-0.1, -0.05) is 66.7 Å². The maximum absolute atomic E-state index is 13.5. The van der Waals surface area contributed by atoms with Gasteiger partial charge in [0.2, 0.25) is 11.8 Å². The summed E-state index contributed by atoms with van der Waals surface area (Å²) in [5.41, 5.74) is 2.84. The number of fused-ring (bicyclic) bond motifs is 4. The van der Waals surface area contributed by atoms with Crippen LogP contribution in [0.25, 0.3) is 39.0 Å². The average molecular weight is 514 g/mol. The largest absolute Gasteiger partial charge is 0.461 e. The number of aryl methyl sites for hydroxylation is 2. The molecule has 190 valence electrons. The van der Waals surface area contributed by atoms with Crippen molar-refractivity contribution in [2.75, 3.05) is 5.32 Å². The van der Waals surface area contributed by atoms with E-state index < -0.39 is 0 Å². The Balaban J connectivity index is 1.27. The first kappa shape index (κ1) is 22.9. The molecule has 0 radical (unpaired) electrons. The predicted octanol–water partition coefficient (Wildman–Crippen LogP) is 5.77. The van der Waals surface area contributed by atoms with E-state index in [4.69, 9.17) is 19.5 Å². The molecule has 1 amide bonds. The summed E-state index contributed by atoms with van der Waals surface area (Å²) in [7, 11) is 0. The van der Waals surface area contributed by atoms with E-state index in [2.05, 4.69) is 22.5 Å². The molecule has 0 saturated carbocycles. The second kappa shape index (κ2) is 9.53. The van der Waals surface area contributed by atoms with Crippen molar-refractivity contribution in [1.82, 2.24) is 29.4 Å². The van der Waals surface area contributed by atoms with Crippen LogP contribution in [0.5, 0.6) is 0 Å². The quantitative estimate of drug-likeness (QED) is 0.290. The van der Waals surface area contributed by atoms with Crippen LogP contribution in [0, 0.1) is 0 Å². The molecule has 39 heavy (non-hydrogen) atoms. The maximum Gasteiger partial charge on any atom is 0.258 e. The first-order chi connectivity index (χ1) is 19.2. The molecule has 7 aromatic rings. The molecule has 1 N–H and O–H groups in total. The number of hydrogen-bond donors (Lipinski definition) is 1. The Morgan fingerprint density at radius 3 is 2.56 bits per heavy atom. The van der Waals surface area contributed by atoms with Crippen LogP contribution in [0.15, 0.2) is 102 Å². The van der Waals surface area contributed by atoms with E-state index in [1.807, 2.05) is 65.5 Å². The van der Waals surface area contributed by atoms with Crippen LogP contribution in [0.3, 0.4) is 0 Å². The minimum atomic E-state index is -0.294. The minimum Gasteiger partial charge on any atom is -0.461 e. The number of amides is 1. The Morgan fingerprint density at radius 1 is 0.846 bits per heavy atom. The zero-order valence-corrected chi connectivity index (χ0v) is 20.9. The van der Waals surface area contributed by atoms with Gasteiger partial charge in [-0.25, -0.2) is 4.98 Å². The minimum absolute atomic E-state index is 0.232. The van der Waals surface area contributed by atoms with Gasteiger partial charge >= 0.3 is 0 Å². The second-order valence-corrected chi connectivity index (χ2v) is 9.28. The topological polar surface area (TPSA) is 103 Å². The molecule has 0 saturated heterocycles. The number of hydrogen-bond acceptors (Lipinski definition) is 6. The maximum atomic E-state index is 13.5. The molecule has 9 nitrogen and oxygen atoms in total.